The van der Waals surface area contributed by atoms with E-state index in [1.165, 1.54) is 6.33 Å². The minimum Gasteiger partial charge on any atom is -0.353 e. The molecular formula is C18H24N6O. The van der Waals surface area contributed by atoms with E-state index in [2.05, 4.69) is 30.1 Å². The molecule has 7 heteroatoms. The fourth-order valence-corrected chi connectivity index (χ4v) is 2.75. The van der Waals surface area contributed by atoms with Crippen LogP contribution in [0.15, 0.2) is 36.8 Å². The summed E-state index contributed by atoms with van der Waals surface area (Å²) in [7, 11) is 0. The summed E-state index contributed by atoms with van der Waals surface area (Å²) in [5.74, 6) is 1.60. The van der Waals surface area contributed by atoms with Crippen LogP contribution in [-0.4, -0.2) is 52.6 Å². The number of rotatable bonds is 3. The molecule has 0 atom stereocenters. The van der Waals surface area contributed by atoms with Crippen LogP contribution in [0.4, 0.5) is 11.6 Å². The molecule has 3 heterocycles. The van der Waals surface area contributed by atoms with Crippen molar-refractivity contribution in [3.8, 4) is 0 Å². The topological polar surface area (TPSA) is 74.2 Å². The number of carbonyl (C=O) groups is 1. The number of piperazine rings is 1. The van der Waals surface area contributed by atoms with Crippen LogP contribution >= 0.6 is 0 Å². The zero-order valence-electron chi connectivity index (χ0n) is 14.9. The van der Waals surface area contributed by atoms with Crippen molar-refractivity contribution in [2.75, 3.05) is 36.0 Å². The molecule has 25 heavy (non-hydrogen) atoms. The fraction of sp³-hybridized carbons (Fsp3) is 0.444. The monoisotopic (exact) mass is 340 g/mol. The fourth-order valence-electron chi connectivity index (χ4n) is 2.75. The molecule has 0 bridgehead atoms. The van der Waals surface area contributed by atoms with Crippen molar-refractivity contribution in [1.29, 1.82) is 0 Å². The molecule has 0 radical (unpaired) electrons. The van der Waals surface area contributed by atoms with Crippen LogP contribution in [0.3, 0.4) is 0 Å². The lowest BCUT2D eigenvalue weighted by Gasteiger charge is -2.36. The standard InChI is InChI=1S/C18H24N6O/c1-18(2,3)22-17(25)14-12-16(21-13-20-14)24-10-8-23(9-11-24)15-6-4-5-7-19-15/h4-7,12-13H,8-11H2,1-3H3,(H,22,25). The highest BCUT2D eigenvalue weighted by molar-refractivity contribution is 5.93. The maximum absolute atomic E-state index is 12.3. The van der Waals surface area contributed by atoms with Gasteiger partial charge in [0.05, 0.1) is 0 Å². The van der Waals surface area contributed by atoms with E-state index >= 15 is 0 Å². The highest BCUT2D eigenvalue weighted by Gasteiger charge is 2.21. The summed E-state index contributed by atoms with van der Waals surface area (Å²) in [6.45, 7) is 9.23. The van der Waals surface area contributed by atoms with Crippen LogP contribution in [0.5, 0.6) is 0 Å². The third-order valence-electron chi connectivity index (χ3n) is 3.95. The predicted octanol–water partition coefficient (Wildman–Crippen LogP) is 1.73. The molecule has 1 amide bonds. The van der Waals surface area contributed by atoms with Gasteiger partial charge in [-0.2, -0.15) is 0 Å². The molecule has 2 aromatic heterocycles. The average Bonchev–Trinajstić information content (AvgIpc) is 2.61. The molecular weight excluding hydrogens is 316 g/mol. The van der Waals surface area contributed by atoms with E-state index in [-0.39, 0.29) is 11.4 Å². The van der Waals surface area contributed by atoms with Crippen molar-refractivity contribution < 1.29 is 4.79 Å². The summed E-state index contributed by atoms with van der Waals surface area (Å²) in [5, 5.41) is 2.93. The first-order valence-electron chi connectivity index (χ1n) is 8.48. The van der Waals surface area contributed by atoms with Gasteiger partial charge in [-0.1, -0.05) is 6.07 Å². The Hall–Kier alpha value is -2.70. The second kappa shape index (κ2) is 7.04. The van der Waals surface area contributed by atoms with E-state index in [1.807, 2.05) is 45.2 Å². The van der Waals surface area contributed by atoms with Gasteiger partial charge in [-0.25, -0.2) is 15.0 Å². The summed E-state index contributed by atoms with van der Waals surface area (Å²) < 4.78 is 0. The van der Waals surface area contributed by atoms with Gasteiger partial charge < -0.3 is 15.1 Å². The van der Waals surface area contributed by atoms with E-state index in [1.54, 1.807) is 6.07 Å². The molecule has 3 rings (SSSR count). The maximum atomic E-state index is 12.3. The average molecular weight is 340 g/mol. The molecule has 132 valence electrons. The molecule has 0 aliphatic carbocycles. The molecule has 1 N–H and O–H groups in total. The third-order valence-corrected chi connectivity index (χ3v) is 3.95. The van der Waals surface area contributed by atoms with Gasteiger partial charge in [0.15, 0.2) is 0 Å². The lowest BCUT2D eigenvalue weighted by atomic mass is 10.1. The molecule has 1 aliphatic heterocycles. The number of amides is 1. The van der Waals surface area contributed by atoms with Gasteiger partial charge in [-0.15, -0.1) is 0 Å². The number of anilines is 2. The molecule has 2 aromatic rings. The zero-order valence-corrected chi connectivity index (χ0v) is 14.9. The number of nitrogens with zero attached hydrogens (tertiary/aromatic N) is 5. The number of aromatic nitrogens is 3. The van der Waals surface area contributed by atoms with E-state index in [0.717, 1.165) is 37.8 Å². The molecule has 1 fully saturated rings. The highest BCUT2D eigenvalue weighted by Crippen LogP contribution is 2.17. The first kappa shape index (κ1) is 17.1. The Morgan fingerprint density at radius 1 is 1.00 bits per heavy atom. The maximum Gasteiger partial charge on any atom is 0.270 e. The quantitative estimate of drug-likeness (QED) is 0.917. The summed E-state index contributed by atoms with van der Waals surface area (Å²) >= 11 is 0. The lowest BCUT2D eigenvalue weighted by Crippen LogP contribution is -2.47. The molecule has 0 aromatic carbocycles. The van der Waals surface area contributed by atoms with Gasteiger partial charge in [-0.05, 0) is 32.9 Å². The number of hydrogen-bond acceptors (Lipinski definition) is 6. The highest BCUT2D eigenvalue weighted by atomic mass is 16.2. The van der Waals surface area contributed by atoms with Crippen molar-refractivity contribution in [2.24, 2.45) is 0 Å². The van der Waals surface area contributed by atoms with E-state index in [9.17, 15) is 4.79 Å². The minimum absolute atomic E-state index is 0.178. The molecule has 7 nitrogen and oxygen atoms in total. The second-order valence-corrected chi connectivity index (χ2v) is 7.13. The first-order valence-corrected chi connectivity index (χ1v) is 8.48. The smallest absolute Gasteiger partial charge is 0.270 e. The van der Waals surface area contributed by atoms with Crippen LogP contribution in [0, 0.1) is 0 Å². The van der Waals surface area contributed by atoms with Crippen molar-refractivity contribution in [2.45, 2.75) is 26.3 Å². The Morgan fingerprint density at radius 2 is 1.68 bits per heavy atom. The van der Waals surface area contributed by atoms with Gasteiger partial charge in [0.1, 0.15) is 23.7 Å². The van der Waals surface area contributed by atoms with Crippen molar-refractivity contribution in [1.82, 2.24) is 20.3 Å². The molecule has 0 saturated carbocycles. The Morgan fingerprint density at radius 3 is 2.28 bits per heavy atom. The SMILES string of the molecule is CC(C)(C)NC(=O)c1cc(N2CCN(c3ccccn3)CC2)ncn1. The molecule has 0 unspecified atom stereocenters. The number of hydrogen-bond donors (Lipinski definition) is 1. The van der Waals surface area contributed by atoms with Crippen molar-refractivity contribution >= 4 is 17.5 Å². The molecule has 1 saturated heterocycles. The first-order chi connectivity index (χ1) is 11.9. The van der Waals surface area contributed by atoms with Gasteiger partial charge in [-0.3, -0.25) is 4.79 Å². The normalized spacial score (nSPS) is 15.2. The summed E-state index contributed by atoms with van der Waals surface area (Å²) in [5.41, 5.74) is 0.100. The van der Waals surface area contributed by atoms with Gasteiger partial charge in [0, 0.05) is 44.0 Å². The zero-order chi connectivity index (χ0) is 17.9. The Balaban J connectivity index is 1.66. The van der Waals surface area contributed by atoms with Gasteiger partial charge in [0.25, 0.3) is 5.91 Å². The Labute approximate surface area is 148 Å². The van der Waals surface area contributed by atoms with E-state index in [0.29, 0.717) is 5.69 Å². The van der Waals surface area contributed by atoms with E-state index in [4.69, 9.17) is 0 Å². The van der Waals surface area contributed by atoms with Crippen LogP contribution in [0.2, 0.25) is 0 Å². The third kappa shape index (κ3) is 4.43. The minimum atomic E-state index is -0.295. The molecule has 0 spiro atoms. The van der Waals surface area contributed by atoms with Gasteiger partial charge >= 0.3 is 0 Å². The van der Waals surface area contributed by atoms with Crippen molar-refractivity contribution in [3.63, 3.8) is 0 Å². The lowest BCUT2D eigenvalue weighted by molar-refractivity contribution is 0.0914. The summed E-state index contributed by atoms with van der Waals surface area (Å²) in [6.07, 6.45) is 3.27. The van der Waals surface area contributed by atoms with Crippen molar-refractivity contribution in [3.05, 3.63) is 42.5 Å². The van der Waals surface area contributed by atoms with Crippen LogP contribution < -0.4 is 15.1 Å². The van der Waals surface area contributed by atoms with Crippen LogP contribution in [0.25, 0.3) is 0 Å². The number of nitrogens with one attached hydrogen (secondary N) is 1. The van der Waals surface area contributed by atoms with E-state index < -0.39 is 0 Å². The summed E-state index contributed by atoms with van der Waals surface area (Å²) in [6, 6.07) is 7.71. The predicted molar refractivity (Wildman–Crippen MR) is 97.9 cm³/mol. The largest absolute Gasteiger partial charge is 0.353 e. The summed E-state index contributed by atoms with van der Waals surface area (Å²) in [4.78, 5) is 29.6. The number of carbonyl (C=O) groups excluding carboxylic acids is 1. The molecule has 1 aliphatic rings. The Bertz CT molecular complexity index is 720. The van der Waals surface area contributed by atoms with Crippen LogP contribution in [-0.2, 0) is 0 Å². The number of pyridine rings is 1. The van der Waals surface area contributed by atoms with Gasteiger partial charge in [0.2, 0.25) is 0 Å². The second-order valence-electron chi connectivity index (χ2n) is 7.13. The van der Waals surface area contributed by atoms with Crippen LogP contribution in [0.1, 0.15) is 31.3 Å². The Kier molecular flexibility index (Phi) is 4.83.